The van der Waals surface area contributed by atoms with Gasteiger partial charge in [0.05, 0.1) is 0 Å². The van der Waals surface area contributed by atoms with Gasteiger partial charge in [-0.25, -0.2) is 0 Å². The third-order valence-electron chi connectivity index (χ3n) is 2.82. The summed E-state index contributed by atoms with van der Waals surface area (Å²) in [6, 6.07) is 0. The van der Waals surface area contributed by atoms with E-state index in [0.717, 1.165) is 5.75 Å². The molecule has 0 atom stereocenters. The average Bonchev–Trinajstić information content (AvgIpc) is 2.32. The van der Waals surface area contributed by atoms with E-state index in [1.807, 2.05) is 0 Å². The van der Waals surface area contributed by atoms with Gasteiger partial charge in [0.2, 0.25) is 0 Å². The molecule has 0 saturated heterocycles. The number of thioether (sulfide) groups is 1. The van der Waals surface area contributed by atoms with Crippen LogP contribution in [0.3, 0.4) is 0 Å². The Morgan fingerprint density at radius 3 is 2.06 bits per heavy atom. The van der Waals surface area contributed by atoms with Crippen LogP contribution >= 0.6 is 11.8 Å². The lowest BCUT2D eigenvalue weighted by Crippen LogP contribution is -1.91. The minimum atomic E-state index is 0.263. The molecular formula is C15H28OS. The highest BCUT2D eigenvalue weighted by Crippen LogP contribution is 2.13. The van der Waals surface area contributed by atoms with Crippen molar-refractivity contribution in [2.75, 3.05) is 5.75 Å². The molecule has 0 N–H and O–H groups in total. The number of unbranched alkanes of at least 4 members (excludes halogenated alkanes) is 8. The Balaban J connectivity index is 3.03. The molecule has 0 aromatic rings. The maximum absolute atomic E-state index is 11.2. The fraction of sp³-hybridized carbons (Fsp3) is 0.800. The van der Waals surface area contributed by atoms with Crippen molar-refractivity contribution in [3.05, 3.63) is 12.7 Å². The molecule has 0 unspecified atom stereocenters. The number of allylic oxidation sites excluding steroid dienone is 1. The summed E-state index contributed by atoms with van der Waals surface area (Å²) < 4.78 is 0. The molecule has 0 saturated carbocycles. The molecule has 0 aliphatic heterocycles. The summed E-state index contributed by atoms with van der Waals surface area (Å²) in [6.45, 7) is 5.82. The van der Waals surface area contributed by atoms with Crippen LogP contribution in [0, 0.1) is 0 Å². The minimum Gasteiger partial charge on any atom is -0.287 e. The molecule has 1 nitrogen and oxygen atoms in total. The second-order valence-corrected chi connectivity index (χ2v) is 5.69. The predicted octanol–water partition coefficient (Wildman–Crippen LogP) is 5.35. The van der Waals surface area contributed by atoms with Crippen molar-refractivity contribution in [2.45, 2.75) is 71.1 Å². The van der Waals surface area contributed by atoms with Crippen LogP contribution in [0.4, 0.5) is 0 Å². The van der Waals surface area contributed by atoms with Crippen LogP contribution in [-0.4, -0.2) is 10.9 Å². The van der Waals surface area contributed by atoms with Crippen LogP contribution in [0.1, 0.15) is 71.1 Å². The van der Waals surface area contributed by atoms with E-state index in [9.17, 15) is 4.79 Å². The van der Waals surface area contributed by atoms with E-state index in [1.54, 1.807) is 6.08 Å². The molecule has 0 bridgehead atoms. The van der Waals surface area contributed by atoms with Gasteiger partial charge in [0.15, 0.2) is 5.12 Å². The van der Waals surface area contributed by atoms with E-state index in [0.29, 0.717) is 6.42 Å². The zero-order valence-corrected chi connectivity index (χ0v) is 12.2. The van der Waals surface area contributed by atoms with Gasteiger partial charge in [0.25, 0.3) is 0 Å². The molecule has 0 aromatic carbocycles. The summed E-state index contributed by atoms with van der Waals surface area (Å²) in [5.74, 6) is 0.989. The number of hydrogen-bond donors (Lipinski definition) is 0. The van der Waals surface area contributed by atoms with Crippen molar-refractivity contribution in [3.63, 3.8) is 0 Å². The Labute approximate surface area is 111 Å². The average molecular weight is 256 g/mol. The van der Waals surface area contributed by atoms with Crippen LogP contribution < -0.4 is 0 Å². The number of rotatable bonds is 12. The van der Waals surface area contributed by atoms with Crippen molar-refractivity contribution in [3.8, 4) is 0 Å². The molecule has 0 aromatic heterocycles. The SMILES string of the molecule is C=CCC(=O)SCCCCCCCCCCC. The van der Waals surface area contributed by atoms with Crippen molar-refractivity contribution in [1.82, 2.24) is 0 Å². The van der Waals surface area contributed by atoms with Gasteiger partial charge in [-0.05, 0) is 6.42 Å². The van der Waals surface area contributed by atoms with Gasteiger partial charge >= 0.3 is 0 Å². The van der Waals surface area contributed by atoms with Crippen molar-refractivity contribution in [2.24, 2.45) is 0 Å². The Bertz CT molecular complexity index is 189. The first-order valence-corrected chi connectivity index (χ1v) is 8.06. The van der Waals surface area contributed by atoms with Crippen LogP contribution in [-0.2, 0) is 4.79 Å². The number of hydrogen-bond acceptors (Lipinski definition) is 2. The third-order valence-corrected chi connectivity index (χ3v) is 3.80. The maximum Gasteiger partial charge on any atom is 0.192 e. The summed E-state index contributed by atoms with van der Waals surface area (Å²) in [6.07, 6.45) is 14.3. The highest BCUT2D eigenvalue weighted by Gasteiger charge is 1.99. The Morgan fingerprint density at radius 2 is 1.53 bits per heavy atom. The van der Waals surface area contributed by atoms with Gasteiger partial charge in [-0.1, -0.05) is 76.1 Å². The van der Waals surface area contributed by atoms with E-state index < -0.39 is 0 Å². The summed E-state index contributed by atoms with van der Waals surface area (Å²) in [4.78, 5) is 11.2. The van der Waals surface area contributed by atoms with E-state index in [4.69, 9.17) is 0 Å². The Morgan fingerprint density at radius 1 is 1.00 bits per heavy atom. The molecule has 0 aliphatic rings. The molecule has 0 spiro atoms. The molecule has 100 valence electrons. The fourth-order valence-electron chi connectivity index (χ4n) is 1.78. The first kappa shape index (κ1) is 16.8. The van der Waals surface area contributed by atoms with Gasteiger partial charge in [-0.15, -0.1) is 6.58 Å². The smallest absolute Gasteiger partial charge is 0.192 e. The van der Waals surface area contributed by atoms with E-state index in [2.05, 4.69) is 13.5 Å². The molecule has 0 rings (SSSR count). The molecule has 0 amide bonds. The highest BCUT2D eigenvalue weighted by atomic mass is 32.2. The van der Waals surface area contributed by atoms with Gasteiger partial charge in [-0.2, -0.15) is 0 Å². The summed E-state index contributed by atoms with van der Waals surface area (Å²) in [7, 11) is 0. The predicted molar refractivity (Wildman–Crippen MR) is 79.5 cm³/mol. The Hall–Kier alpha value is -0.240. The standard InChI is InChI=1S/C15H28OS/c1-3-5-6-7-8-9-10-11-12-14-17-15(16)13-4-2/h4H,2-3,5-14H2,1H3. The van der Waals surface area contributed by atoms with Gasteiger partial charge < -0.3 is 0 Å². The van der Waals surface area contributed by atoms with Crippen LogP contribution in [0.5, 0.6) is 0 Å². The van der Waals surface area contributed by atoms with Gasteiger partial charge in [0, 0.05) is 12.2 Å². The molecule has 2 heteroatoms. The maximum atomic E-state index is 11.2. The van der Waals surface area contributed by atoms with Gasteiger partial charge in [-0.3, -0.25) is 4.79 Å². The zero-order valence-electron chi connectivity index (χ0n) is 11.4. The topological polar surface area (TPSA) is 17.1 Å². The largest absolute Gasteiger partial charge is 0.287 e. The van der Waals surface area contributed by atoms with Crippen LogP contribution in [0.15, 0.2) is 12.7 Å². The summed E-state index contributed by atoms with van der Waals surface area (Å²) >= 11 is 1.47. The lowest BCUT2D eigenvalue weighted by Gasteiger charge is -2.01. The lowest BCUT2D eigenvalue weighted by atomic mass is 10.1. The van der Waals surface area contributed by atoms with Gasteiger partial charge in [0.1, 0.15) is 0 Å². The third kappa shape index (κ3) is 13.7. The zero-order chi connectivity index (χ0) is 12.8. The monoisotopic (exact) mass is 256 g/mol. The quantitative estimate of drug-likeness (QED) is 0.346. The van der Waals surface area contributed by atoms with Crippen molar-refractivity contribution in [1.29, 1.82) is 0 Å². The molecule has 0 fully saturated rings. The first-order valence-electron chi connectivity index (χ1n) is 7.07. The molecule has 0 heterocycles. The van der Waals surface area contributed by atoms with E-state index in [-0.39, 0.29) is 5.12 Å². The lowest BCUT2D eigenvalue weighted by molar-refractivity contribution is -0.110. The van der Waals surface area contributed by atoms with Crippen LogP contribution in [0.2, 0.25) is 0 Å². The summed E-state index contributed by atoms with van der Waals surface area (Å²) in [5, 5.41) is 0.263. The minimum absolute atomic E-state index is 0.263. The molecule has 0 radical (unpaired) electrons. The normalized spacial score (nSPS) is 10.4. The summed E-state index contributed by atoms with van der Waals surface area (Å²) in [5.41, 5.74) is 0. The molecular weight excluding hydrogens is 228 g/mol. The number of carbonyl (C=O) groups excluding carboxylic acids is 1. The second-order valence-electron chi connectivity index (χ2n) is 4.54. The Kier molecular flexibility index (Phi) is 13.6. The fourth-order valence-corrected chi connectivity index (χ4v) is 2.59. The first-order chi connectivity index (χ1) is 8.31. The van der Waals surface area contributed by atoms with E-state index in [1.165, 1.54) is 69.5 Å². The van der Waals surface area contributed by atoms with Crippen LogP contribution in [0.25, 0.3) is 0 Å². The highest BCUT2D eigenvalue weighted by molar-refractivity contribution is 8.13. The number of carbonyl (C=O) groups is 1. The molecule has 17 heavy (non-hydrogen) atoms. The molecule has 0 aliphatic carbocycles. The van der Waals surface area contributed by atoms with Crippen molar-refractivity contribution >= 4 is 16.9 Å². The van der Waals surface area contributed by atoms with Crippen molar-refractivity contribution < 1.29 is 4.79 Å². The second kappa shape index (κ2) is 13.8. The van der Waals surface area contributed by atoms with E-state index >= 15 is 0 Å².